The van der Waals surface area contributed by atoms with Crippen molar-refractivity contribution in [3.8, 4) is 0 Å². The van der Waals surface area contributed by atoms with Gasteiger partial charge in [0, 0.05) is 12.6 Å². The van der Waals surface area contributed by atoms with Crippen LogP contribution in [0.25, 0.3) is 0 Å². The van der Waals surface area contributed by atoms with E-state index in [2.05, 4.69) is 0 Å². The predicted octanol–water partition coefficient (Wildman–Crippen LogP) is 2.66. The Morgan fingerprint density at radius 3 is 2.05 bits per heavy atom. The SMILES string of the molecule is Cc1ccc(S(=O)(=O)CC(=O)N(CC(C)C)C(C)C)cc1. The quantitative estimate of drug-likeness (QED) is 0.811. The summed E-state index contributed by atoms with van der Waals surface area (Å²) in [5.74, 6) is -0.501. The lowest BCUT2D eigenvalue weighted by atomic mass is 10.2. The highest BCUT2D eigenvalue weighted by Crippen LogP contribution is 2.14. The normalized spacial score (nSPS) is 12.0. The monoisotopic (exact) mass is 311 g/mol. The standard InChI is InChI=1S/C16H25NO3S/c1-12(2)10-17(13(3)4)16(18)11-21(19,20)15-8-6-14(5)7-9-15/h6-9,12-13H,10-11H2,1-5H3. The average Bonchev–Trinajstić information content (AvgIpc) is 2.35. The van der Waals surface area contributed by atoms with E-state index in [9.17, 15) is 13.2 Å². The number of hydrogen-bond donors (Lipinski definition) is 0. The Morgan fingerprint density at radius 1 is 1.10 bits per heavy atom. The summed E-state index contributed by atoms with van der Waals surface area (Å²) < 4.78 is 24.6. The second-order valence-corrected chi connectivity index (χ2v) is 8.10. The van der Waals surface area contributed by atoms with Crippen LogP contribution in [0.3, 0.4) is 0 Å². The number of benzene rings is 1. The summed E-state index contributed by atoms with van der Waals surface area (Å²) >= 11 is 0. The number of carbonyl (C=O) groups excluding carboxylic acids is 1. The van der Waals surface area contributed by atoms with Crippen LogP contribution in [0, 0.1) is 12.8 Å². The summed E-state index contributed by atoms with van der Waals surface area (Å²) in [6.07, 6.45) is 0. The second-order valence-electron chi connectivity index (χ2n) is 6.11. The second kappa shape index (κ2) is 7.07. The Hall–Kier alpha value is -1.36. The van der Waals surface area contributed by atoms with E-state index in [1.54, 1.807) is 29.2 Å². The van der Waals surface area contributed by atoms with Crippen molar-refractivity contribution < 1.29 is 13.2 Å². The van der Waals surface area contributed by atoms with Crippen molar-refractivity contribution in [2.45, 2.75) is 45.6 Å². The van der Waals surface area contributed by atoms with Crippen LogP contribution in [0.5, 0.6) is 0 Å². The molecule has 0 bridgehead atoms. The molecular weight excluding hydrogens is 286 g/mol. The summed E-state index contributed by atoms with van der Waals surface area (Å²) in [5.41, 5.74) is 0.990. The van der Waals surface area contributed by atoms with E-state index in [1.165, 1.54) is 0 Å². The zero-order valence-electron chi connectivity index (χ0n) is 13.5. The molecular formula is C16H25NO3S. The van der Waals surface area contributed by atoms with E-state index in [-0.39, 0.29) is 16.8 Å². The molecule has 1 aromatic rings. The lowest BCUT2D eigenvalue weighted by Gasteiger charge is -2.28. The lowest BCUT2D eigenvalue weighted by molar-refractivity contribution is -0.130. The molecule has 0 N–H and O–H groups in total. The molecule has 0 aliphatic carbocycles. The van der Waals surface area contributed by atoms with Crippen LogP contribution >= 0.6 is 0 Å². The van der Waals surface area contributed by atoms with Gasteiger partial charge in [-0.05, 0) is 38.8 Å². The van der Waals surface area contributed by atoms with Gasteiger partial charge in [0.25, 0.3) is 0 Å². The summed E-state index contributed by atoms with van der Waals surface area (Å²) in [7, 11) is -3.58. The number of nitrogens with zero attached hydrogens (tertiary/aromatic N) is 1. The zero-order valence-corrected chi connectivity index (χ0v) is 14.3. The van der Waals surface area contributed by atoms with E-state index in [0.29, 0.717) is 12.5 Å². The molecule has 1 aromatic carbocycles. The lowest BCUT2D eigenvalue weighted by Crippen LogP contribution is -2.42. The van der Waals surface area contributed by atoms with Crippen LogP contribution in [0.1, 0.15) is 33.3 Å². The molecule has 0 heterocycles. The van der Waals surface area contributed by atoms with Crippen LogP contribution in [-0.2, 0) is 14.6 Å². The van der Waals surface area contributed by atoms with Crippen molar-refractivity contribution in [2.75, 3.05) is 12.3 Å². The fraction of sp³-hybridized carbons (Fsp3) is 0.562. The van der Waals surface area contributed by atoms with Crippen molar-refractivity contribution in [3.63, 3.8) is 0 Å². The Bertz CT molecular complexity index is 574. The molecule has 0 saturated carbocycles. The number of hydrogen-bond acceptors (Lipinski definition) is 3. The molecule has 0 aromatic heterocycles. The number of rotatable bonds is 6. The van der Waals surface area contributed by atoms with Gasteiger partial charge in [-0.15, -0.1) is 0 Å². The number of aryl methyl sites for hydroxylation is 1. The molecule has 1 amide bonds. The summed E-state index contributed by atoms with van der Waals surface area (Å²) in [6.45, 7) is 10.3. The van der Waals surface area contributed by atoms with Gasteiger partial charge in [0.15, 0.2) is 9.84 Å². The molecule has 0 aliphatic rings. The Morgan fingerprint density at radius 2 is 1.62 bits per heavy atom. The molecule has 5 heteroatoms. The molecule has 0 aliphatic heterocycles. The first-order chi connectivity index (χ1) is 9.63. The van der Waals surface area contributed by atoms with Gasteiger partial charge in [-0.2, -0.15) is 0 Å². The van der Waals surface area contributed by atoms with Gasteiger partial charge in [0.2, 0.25) is 5.91 Å². The van der Waals surface area contributed by atoms with Crippen molar-refractivity contribution in [3.05, 3.63) is 29.8 Å². The molecule has 0 atom stereocenters. The van der Waals surface area contributed by atoms with Crippen LogP contribution in [-0.4, -0.2) is 37.6 Å². The highest BCUT2D eigenvalue weighted by atomic mass is 32.2. The third kappa shape index (κ3) is 5.16. The highest BCUT2D eigenvalue weighted by molar-refractivity contribution is 7.92. The van der Waals surface area contributed by atoms with E-state index in [4.69, 9.17) is 0 Å². The molecule has 0 radical (unpaired) electrons. The van der Waals surface area contributed by atoms with E-state index in [0.717, 1.165) is 5.56 Å². The Kier molecular flexibility index (Phi) is 5.96. The first kappa shape index (κ1) is 17.7. The van der Waals surface area contributed by atoms with Gasteiger partial charge < -0.3 is 4.90 Å². The summed E-state index contributed by atoms with van der Waals surface area (Å²) in [6, 6.07) is 6.59. The molecule has 0 unspecified atom stereocenters. The number of carbonyl (C=O) groups is 1. The van der Waals surface area contributed by atoms with Crippen molar-refractivity contribution >= 4 is 15.7 Å². The third-order valence-electron chi connectivity index (χ3n) is 3.20. The molecule has 0 spiro atoms. The number of sulfone groups is 1. The summed E-state index contributed by atoms with van der Waals surface area (Å²) in [4.78, 5) is 14.2. The van der Waals surface area contributed by atoms with Crippen LogP contribution < -0.4 is 0 Å². The molecule has 0 fully saturated rings. The Labute approximate surface area is 128 Å². The third-order valence-corrected chi connectivity index (χ3v) is 4.82. The van der Waals surface area contributed by atoms with Gasteiger partial charge >= 0.3 is 0 Å². The van der Waals surface area contributed by atoms with Crippen molar-refractivity contribution in [1.29, 1.82) is 0 Å². The summed E-state index contributed by atoms with van der Waals surface area (Å²) in [5, 5.41) is 0. The maximum absolute atomic E-state index is 12.3. The smallest absolute Gasteiger partial charge is 0.238 e. The molecule has 1 rings (SSSR count). The van der Waals surface area contributed by atoms with Gasteiger partial charge in [0.05, 0.1) is 4.90 Å². The van der Waals surface area contributed by atoms with Gasteiger partial charge in [-0.25, -0.2) is 8.42 Å². The van der Waals surface area contributed by atoms with Gasteiger partial charge in [-0.3, -0.25) is 4.79 Å². The van der Waals surface area contributed by atoms with Gasteiger partial charge in [-0.1, -0.05) is 31.5 Å². The minimum absolute atomic E-state index is 0.00637. The van der Waals surface area contributed by atoms with Crippen LogP contribution in [0.2, 0.25) is 0 Å². The largest absolute Gasteiger partial charge is 0.339 e. The van der Waals surface area contributed by atoms with Crippen LogP contribution in [0.15, 0.2) is 29.2 Å². The zero-order chi connectivity index (χ0) is 16.2. The van der Waals surface area contributed by atoms with E-state index < -0.39 is 15.6 Å². The van der Waals surface area contributed by atoms with Crippen LogP contribution in [0.4, 0.5) is 0 Å². The van der Waals surface area contributed by atoms with Gasteiger partial charge in [0.1, 0.15) is 5.75 Å². The minimum atomic E-state index is -3.58. The fourth-order valence-electron chi connectivity index (χ4n) is 2.07. The fourth-order valence-corrected chi connectivity index (χ4v) is 3.28. The first-order valence-corrected chi connectivity index (χ1v) is 8.87. The van der Waals surface area contributed by atoms with E-state index in [1.807, 2.05) is 34.6 Å². The molecule has 0 saturated heterocycles. The average molecular weight is 311 g/mol. The Balaban J connectivity index is 2.91. The van der Waals surface area contributed by atoms with Crippen molar-refractivity contribution in [1.82, 2.24) is 4.90 Å². The maximum Gasteiger partial charge on any atom is 0.238 e. The van der Waals surface area contributed by atoms with Crippen molar-refractivity contribution in [2.24, 2.45) is 5.92 Å². The molecule has 118 valence electrons. The molecule has 21 heavy (non-hydrogen) atoms. The minimum Gasteiger partial charge on any atom is -0.339 e. The maximum atomic E-state index is 12.3. The topological polar surface area (TPSA) is 54.5 Å². The number of amides is 1. The predicted molar refractivity (Wildman–Crippen MR) is 84.9 cm³/mol. The molecule has 4 nitrogen and oxygen atoms in total. The highest BCUT2D eigenvalue weighted by Gasteiger charge is 2.25. The van der Waals surface area contributed by atoms with E-state index >= 15 is 0 Å². The first-order valence-electron chi connectivity index (χ1n) is 7.22.